The number of nitrogens with one attached hydrogen (secondary N) is 1. The van der Waals surface area contributed by atoms with Gasteiger partial charge in [0.25, 0.3) is 11.8 Å². The van der Waals surface area contributed by atoms with Crippen LogP contribution in [0.4, 0.5) is 0 Å². The average Bonchev–Trinajstić information content (AvgIpc) is 2.48. The summed E-state index contributed by atoms with van der Waals surface area (Å²) >= 11 is 10.7. The summed E-state index contributed by atoms with van der Waals surface area (Å²) in [5.74, 6) is -1.80. The fourth-order valence-electron chi connectivity index (χ4n) is 1.82. The van der Waals surface area contributed by atoms with Gasteiger partial charge in [-0.25, -0.2) is 0 Å². The molecule has 2 rings (SSSR count). The number of hydrogen-bond acceptors (Lipinski definition) is 4. The predicted octanol–water partition coefficient (Wildman–Crippen LogP) is 1.88. The molecular weight excluding hydrogens is 324 g/mol. The minimum Gasteiger partial charge on any atom is -0.298 e. The van der Waals surface area contributed by atoms with E-state index in [1.54, 1.807) is 12.1 Å². The number of amides is 2. The van der Waals surface area contributed by atoms with E-state index in [9.17, 15) is 14.4 Å². The maximum Gasteiger partial charge on any atom is 0.266 e. The van der Waals surface area contributed by atoms with Crippen LogP contribution in [0.5, 0.6) is 0 Å². The van der Waals surface area contributed by atoms with Crippen molar-refractivity contribution in [3.8, 4) is 0 Å². The van der Waals surface area contributed by atoms with Crippen molar-refractivity contribution < 1.29 is 14.4 Å². The number of halogens is 1. The number of ketones is 1. The van der Waals surface area contributed by atoms with Gasteiger partial charge in [-0.05, 0) is 36.5 Å². The van der Waals surface area contributed by atoms with Gasteiger partial charge >= 0.3 is 0 Å². The second-order valence-corrected chi connectivity index (χ2v) is 5.22. The minimum atomic E-state index is -0.697. The van der Waals surface area contributed by atoms with E-state index in [2.05, 4.69) is 11.9 Å². The zero-order chi connectivity index (χ0) is 16.3. The third kappa shape index (κ3) is 3.29. The third-order valence-corrected chi connectivity index (χ3v) is 3.48. The Bertz CT molecular complexity index is 710. The molecule has 0 spiro atoms. The predicted molar refractivity (Wildman–Crippen MR) is 86.5 cm³/mol. The highest BCUT2D eigenvalue weighted by Crippen LogP contribution is 2.14. The fourth-order valence-corrected chi connectivity index (χ4v) is 2.19. The molecular formula is C15H11ClN2O3S. The summed E-state index contributed by atoms with van der Waals surface area (Å²) in [4.78, 5) is 37.4. The summed E-state index contributed by atoms with van der Waals surface area (Å²) in [5.41, 5.74) is 0.0521. The van der Waals surface area contributed by atoms with Gasteiger partial charge in [-0.15, -0.1) is 6.58 Å². The molecule has 1 saturated heterocycles. The zero-order valence-electron chi connectivity index (χ0n) is 11.3. The molecule has 1 N–H and O–H groups in total. The highest BCUT2D eigenvalue weighted by atomic mass is 35.5. The molecule has 22 heavy (non-hydrogen) atoms. The molecule has 0 aliphatic carbocycles. The molecule has 1 aromatic rings. The second-order valence-electron chi connectivity index (χ2n) is 4.39. The van der Waals surface area contributed by atoms with E-state index < -0.39 is 17.6 Å². The maximum atomic E-state index is 12.2. The van der Waals surface area contributed by atoms with Crippen molar-refractivity contribution >= 4 is 46.5 Å². The first-order chi connectivity index (χ1) is 10.4. The monoisotopic (exact) mass is 334 g/mol. The van der Waals surface area contributed by atoms with E-state index >= 15 is 0 Å². The summed E-state index contributed by atoms with van der Waals surface area (Å²) in [6.45, 7) is 3.66. The van der Waals surface area contributed by atoms with Gasteiger partial charge in [-0.3, -0.25) is 24.6 Å². The number of carbonyl (C=O) groups is 3. The average molecular weight is 335 g/mol. The molecule has 0 aromatic heterocycles. The number of thiocarbonyl (C=S) groups is 1. The van der Waals surface area contributed by atoms with Gasteiger partial charge in [0, 0.05) is 23.2 Å². The van der Waals surface area contributed by atoms with Crippen molar-refractivity contribution in [1.29, 1.82) is 0 Å². The highest BCUT2D eigenvalue weighted by molar-refractivity contribution is 7.80. The van der Waals surface area contributed by atoms with E-state index in [1.807, 2.05) is 0 Å². The molecule has 1 aliphatic rings. The quantitative estimate of drug-likeness (QED) is 0.300. The van der Waals surface area contributed by atoms with E-state index in [-0.39, 0.29) is 17.2 Å². The standard InChI is InChI=1S/C15H11ClN2O3S/c1-2-7-18-14(21)11(13(20)17-15(18)22)8-12(19)9-3-5-10(16)6-4-9/h2-6,8H,1,7H2,(H,17,20,22)/b11-8-. The van der Waals surface area contributed by atoms with Gasteiger partial charge in [0.05, 0.1) is 0 Å². The lowest BCUT2D eigenvalue weighted by Gasteiger charge is -2.27. The lowest BCUT2D eigenvalue weighted by atomic mass is 10.1. The van der Waals surface area contributed by atoms with Crippen LogP contribution in [0.3, 0.4) is 0 Å². The summed E-state index contributed by atoms with van der Waals surface area (Å²) in [6.07, 6.45) is 2.47. The first-order valence-corrected chi connectivity index (χ1v) is 7.02. The Balaban J connectivity index is 2.32. The molecule has 5 nitrogen and oxygen atoms in total. The summed E-state index contributed by atoms with van der Waals surface area (Å²) in [5, 5.41) is 2.84. The number of carbonyl (C=O) groups excluding carboxylic acids is 3. The van der Waals surface area contributed by atoms with Crippen LogP contribution < -0.4 is 5.32 Å². The molecule has 2 amide bonds. The van der Waals surface area contributed by atoms with Crippen LogP contribution in [0.1, 0.15) is 10.4 Å². The van der Waals surface area contributed by atoms with Gasteiger partial charge < -0.3 is 0 Å². The Kier molecular flexibility index (Phi) is 4.85. The van der Waals surface area contributed by atoms with Gasteiger partial charge in [0.2, 0.25) is 0 Å². The fraction of sp³-hybridized carbons (Fsp3) is 0.0667. The van der Waals surface area contributed by atoms with Crippen LogP contribution >= 0.6 is 23.8 Å². The molecule has 0 saturated carbocycles. The first-order valence-electron chi connectivity index (χ1n) is 6.23. The molecule has 0 bridgehead atoms. The van der Waals surface area contributed by atoms with Crippen LogP contribution in [-0.2, 0) is 9.59 Å². The van der Waals surface area contributed by atoms with Crippen molar-refractivity contribution in [3.05, 3.63) is 59.2 Å². The van der Waals surface area contributed by atoms with Gasteiger partial charge in [-0.2, -0.15) is 0 Å². The Hall–Kier alpha value is -2.31. The van der Waals surface area contributed by atoms with Crippen molar-refractivity contribution in [2.24, 2.45) is 0 Å². The molecule has 7 heteroatoms. The van der Waals surface area contributed by atoms with Crippen molar-refractivity contribution in [1.82, 2.24) is 10.2 Å². The smallest absolute Gasteiger partial charge is 0.266 e. The van der Waals surface area contributed by atoms with Gasteiger partial charge in [-0.1, -0.05) is 17.7 Å². The number of benzene rings is 1. The van der Waals surface area contributed by atoms with Gasteiger partial charge in [0.15, 0.2) is 10.9 Å². The molecule has 1 aliphatic heterocycles. The van der Waals surface area contributed by atoms with Crippen molar-refractivity contribution in [2.45, 2.75) is 0 Å². The largest absolute Gasteiger partial charge is 0.298 e. The number of allylic oxidation sites excluding steroid dienone is 1. The van der Waals surface area contributed by atoms with Crippen LogP contribution in [0.15, 0.2) is 48.6 Å². The summed E-state index contributed by atoms with van der Waals surface area (Å²) in [7, 11) is 0. The van der Waals surface area contributed by atoms with E-state index in [0.29, 0.717) is 10.6 Å². The van der Waals surface area contributed by atoms with Crippen LogP contribution in [0.2, 0.25) is 5.02 Å². The molecule has 1 aromatic carbocycles. The Labute approximate surface area is 137 Å². The third-order valence-electron chi connectivity index (χ3n) is 2.90. The molecule has 0 radical (unpaired) electrons. The summed E-state index contributed by atoms with van der Waals surface area (Å²) < 4.78 is 0. The molecule has 0 atom stereocenters. The Morgan fingerprint density at radius 2 is 1.95 bits per heavy atom. The van der Waals surface area contributed by atoms with Crippen LogP contribution in [-0.4, -0.2) is 34.2 Å². The first kappa shape index (κ1) is 16.1. The number of hydrogen-bond donors (Lipinski definition) is 1. The highest BCUT2D eigenvalue weighted by Gasteiger charge is 2.33. The topological polar surface area (TPSA) is 66.5 Å². The molecule has 1 heterocycles. The van der Waals surface area contributed by atoms with E-state index in [0.717, 1.165) is 11.0 Å². The van der Waals surface area contributed by atoms with Crippen molar-refractivity contribution in [2.75, 3.05) is 6.54 Å². The lowest BCUT2D eigenvalue weighted by molar-refractivity contribution is -0.128. The Morgan fingerprint density at radius 1 is 1.32 bits per heavy atom. The Morgan fingerprint density at radius 3 is 2.55 bits per heavy atom. The van der Waals surface area contributed by atoms with Gasteiger partial charge in [0.1, 0.15) is 5.57 Å². The molecule has 1 fully saturated rings. The molecule has 0 unspecified atom stereocenters. The zero-order valence-corrected chi connectivity index (χ0v) is 12.9. The number of nitrogens with zero attached hydrogens (tertiary/aromatic N) is 1. The van der Waals surface area contributed by atoms with Crippen molar-refractivity contribution in [3.63, 3.8) is 0 Å². The SMILES string of the molecule is C=CCN1C(=O)/C(=C\C(=O)c2ccc(Cl)cc2)C(=O)NC1=S. The normalized spacial score (nSPS) is 16.7. The van der Waals surface area contributed by atoms with E-state index in [1.165, 1.54) is 18.2 Å². The van der Waals surface area contributed by atoms with E-state index in [4.69, 9.17) is 23.8 Å². The maximum absolute atomic E-state index is 12.2. The van der Waals surface area contributed by atoms with Crippen LogP contribution in [0.25, 0.3) is 0 Å². The van der Waals surface area contributed by atoms with Crippen LogP contribution in [0, 0.1) is 0 Å². The summed E-state index contributed by atoms with van der Waals surface area (Å²) in [6, 6.07) is 6.13. The second kappa shape index (κ2) is 6.64. The lowest BCUT2D eigenvalue weighted by Crippen LogP contribution is -2.54. The molecule has 112 valence electrons. The minimum absolute atomic E-state index is 0.00834. The number of rotatable bonds is 4.